The zero-order valence-electron chi connectivity index (χ0n) is 9.34. The van der Waals surface area contributed by atoms with E-state index in [9.17, 15) is 17.6 Å². The Balaban J connectivity index is 3.27. The molecule has 0 aliphatic heterocycles. The molecule has 1 aromatic rings. The number of nitrogens with two attached hydrogens (primary N) is 1. The van der Waals surface area contributed by atoms with Crippen LogP contribution >= 0.6 is 0 Å². The van der Waals surface area contributed by atoms with E-state index >= 15 is 0 Å². The van der Waals surface area contributed by atoms with E-state index in [-0.39, 0.29) is 0 Å². The van der Waals surface area contributed by atoms with Crippen LogP contribution in [0, 0.1) is 17.1 Å². The maximum atomic E-state index is 13.3. The third-order valence-electron chi connectivity index (χ3n) is 2.14. The number of amides is 1. The van der Waals surface area contributed by atoms with Gasteiger partial charge < -0.3 is 5.73 Å². The predicted molar refractivity (Wildman–Crippen MR) is 60.1 cm³/mol. The Labute approximate surface area is 103 Å². The SMILES string of the molecule is CC(NS(=O)(=O)c1cccc(F)c1C#N)C(N)=O. The molecule has 1 aromatic carbocycles. The van der Waals surface area contributed by atoms with Crippen LogP contribution in [0.1, 0.15) is 12.5 Å². The van der Waals surface area contributed by atoms with E-state index in [1.807, 2.05) is 4.72 Å². The average molecular weight is 271 g/mol. The smallest absolute Gasteiger partial charge is 0.242 e. The largest absolute Gasteiger partial charge is 0.368 e. The topological polar surface area (TPSA) is 113 Å². The minimum atomic E-state index is -4.18. The van der Waals surface area contributed by atoms with Gasteiger partial charge in [-0.1, -0.05) is 6.07 Å². The van der Waals surface area contributed by atoms with Crippen LogP contribution in [-0.2, 0) is 14.8 Å². The highest BCUT2D eigenvalue weighted by Gasteiger charge is 2.24. The number of rotatable bonds is 4. The Morgan fingerprint density at radius 2 is 2.17 bits per heavy atom. The van der Waals surface area contributed by atoms with Crippen molar-refractivity contribution in [1.82, 2.24) is 4.72 Å². The van der Waals surface area contributed by atoms with Crippen molar-refractivity contribution in [3.63, 3.8) is 0 Å². The molecule has 1 atom stereocenters. The van der Waals surface area contributed by atoms with Crippen LogP contribution in [0.5, 0.6) is 0 Å². The van der Waals surface area contributed by atoms with Crippen LogP contribution < -0.4 is 10.5 Å². The second kappa shape index (κ2) is 5.12. The maximum absolute atomic E-state index is 13.3. The number of halogens is 1. The van der Waals surface area contributed by atoms with Crippen molar-refractivity contribution in [3.05, 3.63) is 29.6 Å². The van der Waals surface area contributed by atoms with Gasteiger partial charge in [0.25, 0.3) is 0 Å². The lowest BCUT2D eigenvalue weighted by atomic mass is 10.2. The number of nitrogens with zero attached hydrogens (tertiary/aromatic N) is 1. The summed E-state index contributed by atoms with van der Waals surface area (Å²) in [5.74, 6) is -1.83. The molecule has 3 N–H and O–H groups in total. The summed E-state index contributed by atoms with van der Waals surface area (Å²) >= 11 is 0. The fourth-order valence-corrected chi connectivity index (χ4v) is 2.57. The van der Waals surface area contributed by atoms with Gasteiger partial charge >= 0.3 is 0 Å². The lowest BCUT2D eigenvalue weighted by molar-refractivity contribution is -0.119. The molecule has 1 amide bonds. The molecule has 0 aliphatic rings. The Morgan fingerprint density at radius 1 is 1.56 bits per heavy atom. The zero-order chi connectivity index (χ0) is 13.9. The molecule has 0 aromatic heterocycles. The molecule has 8 heteroatoms. The molecule has 0 fully saturated rings. The fraction of sp³-hybridized carbons (Fsp3) is 0.200. The minimum Gasteiger partial charge on any atom is -0.368 e. The molecule has 0 saturated carbocycles. The fourth-order valence-electron chi connectivity index (χ4n) is 1.19. The lowest BCUT2D eigenvalue weighted by Gasteiger charge is -2.11. The molecule has 0 bridgehead atoms. The summed E-state index contributed by atoms with van der Waals surface area (Å²) in [6.07, 6.45) is 0. The van der Waals surface area contributed by atoms with Crippen molar-refractivity contribution in [3.8, 4) is 6.07 Å². The van der Waals surface area contributed by atoms with Crippen molar-refractivity contribution < 1.29 is 17.6 Å². The number of sulfonamides is 1. The van der Waals surface area contributed by atoms with E-state index in [4.69, 9.17) is 11.0 Å². The number of primary amides is 1. The van der Waals surface area contributed by atoms with Crippen molar-refractivity contribution >= 4 is 15.9 Å². The van der Waals surface area contributed by atoms with Gasteiger partial charge in [-0.2, -0.15) is 9.98 Å². The van der Waals surface area contributed by atoms with Gasteiger partial charge in [-0.25, -0.2) is 12.8 Å². The van der Waals surface area contributed by atoms with Gasteiger partial charge in [-0.05, 0) is 19.1 Å². The van der Waals surface area contributed by atoms with Gasteiger partial charge in [0.1, 0.15) is 22.3 Å². The van der Waals surface area contributed by atoms with Crippen LogP contribution in [0.4, 0.5) is 4.39 Å². The second-order valence-electron chi connectivity index (χ2n) is 3.47. The number of nitrogens with one attached hydrogen (secondary N) is 1. The average Bonchev–Trinajstić information content (AvgIpc) is 2.27. The molecule has 96 valence electrons. The van der Waals surface area contributed by atoms with Crippen LogP contribution in [-0.4, -0.2) is 20.4 Å². The first kappa shape index (κ1) is 14.1. The number of benzene rings is 1. The van der Waals surface area contributed by atoms with E-state index in [1.54, 1.807) is 0 Å². The van der Waals surface area contributed by atoms with Gasteiger partial charge in [-0.3, -0.25) is 4.79 Å². The van der Waals surface area contributed by atoms with Gasteiger partial charge in [0.05, 0.1) is 6.04 Å². The molecule has 0 radical (unpaired) electrons. The Kier molecular flexibility index (Phi) is 4.00. The minimum absolute atomic E-state index is 0.530. The summed E-state index contributed by atoms with van der Waals surface area (Å²) < 4.78 is 38.9. The number of hydrogen-bond donors (Lipinski definition) is 2. The van der Waals surface area contributed by atoms with Crippen LogP contribution in [0.25, 0.3) is 0 Å². The highest BCUT2D eigenvalue weighted by atomic mass is 32.2. The normalized spacial score (nSPS) is 12.7. The maximum Gasteiger partial charge on any atom is 0.242 e. The first-order chi connectivity index (χ1) is 8.29. The van der Waals surface area contributed by atoms with Crippen molar-refractivity contribution in [2.75, 3.05) is 0 Å². The van der Waals surface area contributed by atoms with Crippen molar-refractivity contribution in [2.24, 2.45) is 5.73 Å². The van der Waals surface area contributed by atoms with E-state index in [2.05, 4.69) is 0 Å². The summed E-state index contributed by atoms with van der Waals surface area (Å²) in [5, 5.41) is 8.73. The monoisotopic (exact) mass is 271 g/mol. The molecule has 1 unspecified atom stereocenters. The van der Waals surface area contributed by atoms with E-state index in [0.717, 1.165) is 18.2 Å². The summed E-state index contributed by atoms with van der Waals surface area (Å²) in [6, 6.07) is 3.49. The first-order valence-corrected chi connectivity index (χ1v) is 6.28. The number of nitriles is 1. The Hall–Kier alpha value is -1.98. The number of carbonyl (C=O) groups is 1. The summed E-state index contributed by atoms with van der Waals surface area (Å²) in [4.78, 5) is 10.3. The molecule has 18 heavy (non-hydrogen) atoms. The van der Waals surface area contributed by atoms with Crippen LogP contribution in [0.2, 0.25) is 0 Å². The van der Waals surface area contributed by atoms with Crippen molar-refractivity contribution in [1.29, 1.82) is 5.26 Å². The number of carbonyl (C=O) groups excluding carboxylic acids is 1. The van der Waals surface area contributed by atoms with Gasteiger partial charge in [0, 0.05) is 0 Å². The van der Waals surface area contributed by atoms with E-state index < -0.39 is 38.2 Å². The van der Waals surface area contributed by atoms with Crippen molar-refractivity contribution in [2.45, 2.75) is 17.9 Å². The molecule has 0 saturated heterocycles. The van der Waals surface area contributed by atoms with E-state index in [0.29, 0.717) is 0 Å². The molecule has 0 spiro atoms. The standard InChI is InChI=1S/C10H10FN3O3S/c1-6(10(13)15)14-18(16,17)9-4-2-3-8(11)7(9)5-12/h2-4,6,14H,1H3,(H2,13,15). The lowest BCUT2D eigenvalue weighted by Crippen LogP contribution is -2.42. The molecular weight excluding hydrogens is 261 g/mol. The predicted octanol–water partition coefficient (Wildman–Crippen LogP) is -0.151. The third kappa shape index (κ3) is 2.82. The Morgan fingerprint density at radius 3 is 2.67 bits per heavy atom. The molecule has 6 nitrogen and oxygen atoms in total. The quantitative estimate of drug-likeness (QED) is 0.792. The van der Waals surface area contributed by atoms with Gasteiger partial charge in [0.2, 0.25) is 15.9 Å². The summed E-state index contributed by atoms with van der Waals surface area (Å²) in [7, 11) is -4.18. The summed E-state index contributed by atoms with van der Waals surface area (Å²) in [6.45, 7) is 1.24. The van der Waals surface area contributed by atoms with Gasteiger partial charge in [0.15, 0.2) is 0 Å². The molecule has 1 rings (SSSR count). The third-order valence-corrected chi connectivity index (χ3v) is 3.72. The molecule has 0 heterocycles. The van der Waals surface area contributed by atoms with Crippen LogP contribution in [0.15, 0.2) is 23.1 Å². The highest BCUT2D eigenvalue weighted by Crippen LogP contribution is 2.17. The highest BCUT2D eigenvalue weighted by molar-refractivity contribution is 7.89. The molecular formula is C10H10FN3O3S. The first-order valence-electron chi connectivity index (χ1n) is 4.80. The number of hydrogen-bond acceptors (Lipinski definition) is 4. The summed E-state index contributed by atoms with van der Waals surface area (Å²) in [5.41, 5.74) is 4.31. The molecule has 0 aliphatic carbocycles. The second-order valence-corrected chi connectivity index (χ2v) is 5.15. The van der Waals surface area contributed by atoms with E-state index in [1.165, 1.54) is 13.0 Å². The zero-order valence-corrected chi connectivity index (χ0v) is 10.2. The van der Waals surface area contributed by atoms with Gasteiger partial charge in [-0.15, -0.1) is 0 Å². The van der Waals surface area contributed by atoms with Crippen LogP contribution in [0.3, 0.4) is 0 Å². The Bertz CT molecular complexity index is 622.